The second kappa shape index (κ2) is 4.60. The maximum absolute atomic E-state index is 12.6. The van der Waals surface area contributed by atoms with Crippen molar-refractivity contribution >= 4 is 9.84 Å². The fraction of sp³-hybridized carbons (Fsp3) is 0.800. The van der Waals surface area contributed by atoms with Crippen LogP contribution in [0.1, 0.15) is 26.2 Å². The van der Waals surface area contributed by atoms with Gasteiger partial charge < -0.3 is 0 Å². The molecule has 1 aliphatic rings. The number of hydrogen-bond acceptors (Lipinski definition) is 2. The van der Waals surface area contributed by atoms with Gasteiger partial charge in [-0.1, -0.05) is 19.1 Å². The molecule has 0 aliphatic heterocycles. The van der Waals surface area contributed by atoms with E-state index in [1.165, 1.54) is 0 Å². The summed E-state index contributed by atoms with van der Waals surface area (Å²) >= 11 is 0. The van der Waals surface area contributed by atoms with Gasteiger partial charge in [0, 0.05) is 11.7 Å². The predicted octanol–water partition coefficient (Wildman–Crippen LogP) is 2.41. The lowest BCUT2D eigenvalue weighted by Gasteiger charge is -2.30. The molecule has 5 heteroatoms. The monoisotopic (exact) mass is 238 g/mol. The van der Waals surface area contributed by atoms with Crippen LogP contribution in [0.4, 0.5) is 8.78 Å². The van der Waals surface area contributed by atoms with Gasteiger partial charge in [0.25, 0.3) is 0 Å². The molecular formula is C10H16F2O2S. The topological polar surface area (TPSA) is 34.1 Å². The molecule has 0 saturated heterocycles. The summed E-state index contributed by atoms with van der Waals surface area (Å²) in [4.78, 5) is 0. The molecule has 0 bridgehead atoms. The van der Waals surface area contributed by atoms with Crippen LogP contribution in [0.25, 0.3) is 0 Å². The molecule has 1 aliphatic carbocycles. The minimum absolute atomic E-state index is 0.0279. The molecule has 0 N–H and O–H groups in total. The van der Waals surface area contributed by atoms with Gasteiger partial charge in [-0.05, 0) is 19.3 Å². The van der Waals surface area contributed by atoms with Crippen LogP contribution in [0.5, 0.6) is 0 Å². The summed E-state index contributed by atoms with van der Waals surface area (Å²) in [6, 6.07) is 0. The van der Waals surface area contributed by atoms with E-state index in [-0.39, 0.29) is 12.2 Å². The third-order valence-corrected chi connectivity index (χ3v) is 5.29. The first kappa shape index (κ1) is 12.6. The van der Waals surface area contributed by atoms with Crippen LogP contribution < -0.4 is 0 Å². The Morgan fingerprint density at radius 3 is 2.60 bits per heavy atom. The normalized spacial score (nSPS) is 28.4. The van der Waals surface area contributed by atoms with Gasteiger partial charge in [-0.15, -0.1) is 0 Å². The first-order valence-electron chi connectivity index (χ1n) is 5.06. The first-order chi connectivity index (χ1) is 6.88. The summed E-state index contributed by atoms with van der Waals surface area (Å²) in [5.74, 6) is -0.912. The van der Waals surface area contributed by atoms with Crippen LogP contribution in [-0.4, -0.2) is 25.8 Å². The summed E-state index contributed by atoms with van der Waals surface area (Å²) in [6.07, 6.45) is -1.61. The van der Waals surface area contributed by atoms with Crippen molar-refractivity contribution in [2.24, 2.45) is 5.92 Å². The molecule has 0 spiro atoms. The largest absolute Gasteiger partial charge is 0.245 e. The summed E-state index contributed by atoms with van der Waals surface area (Å²) in [7, 11) is -3.19. The molecule has 2 unspecified atom stereocenters. The number of sulfone groups is 1. The van der Waals surface area contributed by atoms with E-state index in [4.69, 9.17) is 0 Å². The van der Waals surface area contributed by atoms with Crippen LogP contribution in [0.15, 0.2) is 12.2 Å². The van der Waals surface area contributed by atoms with Crippen molar-refractivity contribution < 1.29 is 17.2 Å². The average molecular weight is 238 g/mol. The number of halogens is 2. The first-order valence-corrected chi connectivity index (χ1v) is 6.77. The van der Waals surface area contributed by atoms with Crippen molar-refractivity contribution in [3.8, 4) is 0 Å². The third kappa shape index (κ3) is 2.77. The van der Waals surface area contributed by atoms with E-state index >= 15 is 0 Å². The Bertz CT molecular complexity index is 335. The fourth-order valence-electron chi connectivity index (χ4n) is 1.94. The summed E-state index contributed by atoms with van der Waals surface area (Å²) < 4.78 is 48.3. The Kier molecular flexibility index (Phi) is 3.87. The molecule has 0 amide bonds. The minimum Gasteiger partial charge on any atom is -0.229 e. The van der Waals surface area contributed by atoms with E-state index in [2.05, 4.69) is 6.58 Å². The zero-order valence-electron chi connectivity index (χ0n) is 8.75. The smallest absolute Gasteiger partial charge is 0.229 e. The molecule has 0 heterocycles. The average Bonchev–Trinajstić information content (AvgIpc) is 2.17. The van der Waals surface area contributed by atoms with Crippen molar-refractivity contribution in [3.05, 3.63) is 12.2 Å². The standard InChI is InChI=1S/C10H16F2O2S/c1-3-15(13,14)8-5-4-7(2)9(6-8)10(11)12/h8-10H,2-6H2,1H3. The lowest BCUT2D eigenvalue weighted by molar-refractivity contribution is 0.0827. The van der Waals surface area contributed by atoms with Gasteiger partial charge in [-0.25, -0.2) is 17.2 Å². The lowest BCUT2D eigenvalue weighted by Crippen LogP contribution is -2.33. The molecule has 15 heavy (non-hydrogen) atoms. The number of hydrogen-bond donors (Lipinski definition) is 0. The molecule has 2 atom stereocenters. The predicted molar refractivity (Wildman–Crippen MR) is 55.7 cm³/mol. The highest BCUT2D eigenvalue weighted by molar-refractivity contribution is 7.92. The van der Waals surface area contributed by atoms with Crippen LogP contribution in [0.3, 0.4) is 0 Å². The van der Waals surface area contributed by atoms with Crippen molar-refractivity contribution in [2.45, 2.75) is 37.9 Å². The highest BCUT2D eigenvalue weighted by Gasteiger charge is 2.36. The van der Waals surface area contributed by atoms with Gasteiger partial charge in [0.15, 0.2) is 9.84 Å². The maximum Gasteiger partial charge on any atom is 0.245 e. The van der Waals surface area contributed by atoms with Crippen molar-refractivity contribution in [2.75, 3.05) is 5.75 Å². The molecule has 0 aromatic heterocycles. The van der Waals surface area contributed by atoms with E-state index in [1.807, 2.05) is 0 Å². The SMILES string of the molecule is C=C1CCC(S(=O)(=O)CC)CC1C(F)F. The second-order valence-electron chi connectivity index (χ2n) is 3.95. The molecule has 0 aromatic carbocycles. The molecule has 2 nitrogen and oxygen atoms in total. The summed E-state index contributed by atoms with van der Waals surface area (Å²) in [5.41, 5.74) is 0.493. The second-order valence-corrected chi connectivity index (χ2v) is 6.52. The van der Waals surface area contributed by atoms with Crippen LogP contribution in [0.2, 0.25) is 0 Å². The van der Waals surface area contributed by atoms with E-state index in [0.29, 0.717) is 18.4 Å². The van der Waals surface area contributed by atoms with Gasteiger partial charge in [0.05, 0.1) is 5.25 Å². The number of allylic oxidation sites excluding steroid dienone is 1. The Balaban J connectivity index is 2.79. The molecule has 1 rings (SSSR count). The molecule has 0 aromatic rings. The number of alkyl halides is 2. The van der Waals surface area contributed by atoms with Crippen molar-refractivity contribution in [3.63, 3.8) is 0 Å². The van der Waals surface area contributed by atoms with Crippen LogP contribution >= 0.6 is 0 Å². The van der Waals surface area contributed by atoms with Crippen LogP contribution in [-0.2, 0) is 9.84 Å². The van der Waals surface area contributed by atoms with Crippen LogP contribution in [0, 0.1) is 5.92 Å². The summed E-state index contributed by atoms with van der Waals surface area (Å²) in [6.45, 7) is 5.14. The maximum atomic E-state index is 12.6. The van der Waals surface area contributed by atoms with Crippen molar-refractivity contribution in [1.29, 1.82) is 0 Å². The summed E-state index contributed by atoms with van der Waals surface area (Å²) in [5, 5.41) is -0.605. The Morgan fingerprint density at radius 1 is 1.53 bits per heavy atom. The number of rotatable bonds is 3. The lowest BCUT2D eigenvalue weighted by atomic mass is 9.85. The highest BCUT2D eigenvalue weighted by atomic mass is 32.2. The van der Waals surface area contributed by atoms with Gasteiger partial charge in [0.2, 0.25) is 6.43 Å². The van der Waals surface area contributed by atoms with E-state index in [9.17, 15) is 17.2 Å². The highest BCUT2D eigenvalue weighted by Crippen LogP contribution is 2.35. The van der Waals surface area contributed by atoms with Gasteiger partial charge in [-0.2, -0.15) is 0 Å². The van der Waals surface area contributed by atoms with Gasteiger partial charge in [-0.3, -0.25) is 0 Å². The Morgan fingerprint density at radius 2 is 2.13 bits per heavy atom. The quantitative estimate of drug-likeness (QED) is 0.708. The minimum atomic E-state index is -3.19. The zero-order chi connectivity index (χ0) is 11.6. The zero-order valence-corrected chi connectivity index (χ0v) is 9.56. The van der Waals surface area contributed by atoms with Gasteiger partial charge >= 0.3 is 0 Å². The molecule has 88 valence electrons. The van der Waals surface area contributed by atoms with Crippen molar-refractivity contribution in [1.82, 2.24) is 0 Å². The third-order valence-electron chi connectivity index (χ3n) is 3.04. The molecule has 0 radical (unpaired) electrons. The molecular weight excluding hydrogens is 222 g/mol. The van der Waals surface area contributed by atoms with E-state index in [0.717, 1.165) is 0 Å². The fourth-order valence-corrected chi connectivity index (χ4v) is 3.39. The van der Waals surface area contributed by atoms with E-state index < -0.39 is 27.4 Å². The molecule has 1 saturated carbocycles. The Hall–Kier alpha value is -0.450. The Labute approximate surface area is 89.3 Å². The van der Waals surface area contributed by atoms with E-state index in [1.54, 1.807) is 6.92 Å². The molecule has 1 fully saturated rings. The van der Waals surface area contributed by atoms with Gasteiger partial charge in [0.1, 0.15) is 0 Å².